The van der Waals surface area contributed by atoms with Crippen molar-refractivity contribution >= 4 is 17.5 Å². The van der Waals surface area contributed by atoms with E-state index < -0.39 is 0 Å². The van der Waals surface area contributed by atoms with E-state index in [1.54, 1.807) is 0 Å². The van der Waals surface area contributed by atoms with Crippen molar-refractivity contribution in [1.29, 1.82) is 0 Å². The van der Waals surface area contributed by atoms with Crippen molar-refractivity contribution in [2.24, 2.45) is 0 Å². The lowest BCUT2D eigenvalue weighted by atomic mass is 10.0. The number of rotatable bonds is 5. The van der Waals surface area contributed by atoms with E-state index >= 15 is 0 Å². The van der Waals surface area contributed by atoms with Gasteiger partial charge in [0.1, 0.15) is 0 Å². The number of hydrogen-bond acceptors (Lipinski definition) is 4. The molecule has 1 aromatic carbocycles. The van der Waals surface area contributed by atoms with Crippen molar-refractivity contribution in [3.8, 4) is 0 Å². The summed E-state index contributed by atoms with van der Waals surface area (Å²) in [6.45, 7) is 12.8. The van der Waals surface area contributed by atoms with Gasteiger partial charge in [0, 0.05) is 44.5 Å². The van der Waals surface area contributed by atoms with E-state index in [4.69, 9.17) is 0 Å². The van der Waals surface area contributed by atoms with Crippen molar-refractivity contribution in [2.45, 2.75) is 59.0 Å². The largest absolute Gasteiger partial charge is 0.339 e. The van der Waals surface area contributed by atoms with Crippen LogP contribution >= 0.6 is 0 Å². The van der Waals surface area contributed by atoms with Gasteiger partial charge in [-0.15, -0.1) is 0 Å². The number of hydrogen-bond donors (Lipinski definition) is 1. The van der Waals surface area contributed by atoms with E-state index in [2.05, 4.69) is 33.0 Å². The minimum Gasteiger partial charge on any atom is -0.339 e. The third-order valence-electron chi connectivity index (χ3n) is 6.47. The summed E-state index contributed by atoms with van der Waals surface area (Å²) in [5.74, 6) is 0.289. The highest BCUT2D eigenvalue weighted by Crippen LogP contribution is 2.19. The zero-order valence-electron chi connectivity index (χ0n) is 18.4. The fourth-order valence-electron chi connectivity index (χ4n) is 4.33. The Labute approximate surface area is 175 Å². The first-order valence-corrected chi connectivity index (χ1v) is 11.0. The number of benzene rings is 1. The fourth-order valence-corrected chi connectivity index (χ4v) is 4.33. The molecule has 2 fully saturated rings. The molecule has 29 heavy (non-hydrogen) atoms. The second-order valence-electron chi connectivity index (χ2n) is 8.73. The van der Waals surface area contributed by atoms with Gasteiger partial charge in [0.05, 0.1) is 12.6 Å². The number of aryl methyl sites for hydroxylation is 2. The molecule has 6 heteroatoms. The quantitative estimate of drug-likeness (QED) is 0.826. The summed E-state index contributed by atoms with van der Waals surface area (Å²) in [6.07, 6.45) is 3.47. The second-order valence-corrected chi connectivity index (χ2v) is 8.73. The smallest absolute Gasteiger partial charge is 0.241 e. The molecule has 6 nitrogen and oxygen atoms in total. The van der Waals surface area contributed by atoms with Gasteiger partial charge in [-0.2, -0.15) is 0 Å². The molecule has 0 spiro atoms. The number of nitrogens with one attached hydrogen (secondary N) is 1. The third kappa shape index (κ3) is 5.58. The van der Waals surface area contributed by atoms with Crippen molar-refractivity contribution in [3.63, 3.8) is 0 Å². The maximum absolute atomic E-state index is 12.7. The van der Waals surface area contributed by atoms with E-state index in [1.165, 1.54) is 6.42 Å². The number of piperidine rings is 1. The predicted octanol–water partition coefficient (Wildman–Crippen LogP) is 2.65. The average molecular weight is 401 g/mol. The van der Waals surface area contributed by atoms with E-state index in [0.717, 1.165) is 62.4 Å². The Bertz CT molecular complexity index is 728. The summed E-state index contributed by atoms with van der Waals surface area (Å²) in [7, 11) is 0. The minimum atomic E-state index is -0.185. The number of anilines is 1. The highest BCUT2D eigenvalue weighted by molar-refractivity contribution is 5.95. The first-order valence-electron chi connectivity index (χ1n) is 11.0. The van der Waals surface area contributed by atoms with Gasteiger partial charge in [-0.05, 0) is 64.2 Å². The van der Waals surface area contributed by atoms with E-state index in [0.29, 0.717) is 12.6 Å². The molecule has 160 valence electrons. The molecule has 0 unspecified atom stereocenters. The molecule has 0 radical (unpaired) electrons. The summed E-state index contributed by atoms with van der Waals surface area (Å²) in [6, 6.07) is 6.29. The molecule has 2 aliphatic heterocycles. The summed E-state index contributed by atoms with van der Waals surface area (Å²) >= 11 is 0. The van der Waals surface area contributed by atoms with Gasteiger partial charge < -0.3 is 10.2 Å². The number of amides is 2. The highest BCUT2D eigenvalue weighted by Gasteiger charge is 2.29. The van der Waals surface area contributed by atoms with Gasteiger partial charge in [0.2, 0.25) is 11.8 Å². The highest BCUT2D eigenvalue weighted by atomic mass is 16.2. The molecule has 2 heterocycles. The predicted molar refractivity (Wildman–Crippen MR) is 117 cm³/mol. The Morgan fingerprint density at radius 3 is 2.52 bits per heavy atom. The first-order chi connectivity index (χ1) is 13.8. The number of piperazine rings is 1. The minimum absolute atomic E-state index is 0.0327. The van der Waals surface area contributed by atoms with Crippen molar-refractivity contribution < 1.29 is 9.59 Å². The zero-order chi connectivity index (χ0) is 21.0. The Morgan fingerprint density at radius 2 is 1.83 bits per heavy atom. The van der Waals surface area contributed by atoms with Crippen LogP contribution in [0.5, 0.6) is 0 Å². The zero-order valence-corrected chi connectivity index (χ0v) is 18.4. The summed E-state index contributed by atoms with van der Waals surface area (Å²) < 4.78 is 0. The molecule has 1 N–H and O–H groups in total. The van der Waals surface area contributed by atoms with E-state index in [1.807, 2.05) is 32.9 Å². The SMILES string of the molecule is Cc1ccc(C)c(NC(=O)[C@H](C)N2CCN(CC(=O)N3CCCC[C@H]3C)CC2)c1. The lowest BCUT2D eigenvalue weighted by molar-refractivity contribution is -0.136. The van der Waals surface area contributed by atoms with Gasteiger partial charge in [0.25, 0.3) is 0 Å². The van der Waals surface area contributed by atoms with Gasteiger partial charge in [-0.1, -0.05) is 12.1 Å². The van der Waals surface area contributed by atoms with Crippen LogP contribution in [0.1, 0.15) is 44.2 Å². The van der Waals surface area contributed by atoms with Gasteiger partial charge in [-0.25, -0.2) is 0 Å². The molecule has 3 rings (SSSR count). The molecule has 0 aromatic heterocycles. The molecule has 0 saturated carbocycles. The molecule has 2 atom stereocenters. The van der Waals surface area contributed by atoms with E-state index in [-0.39, 0.29) is 17.9 Å². The standard InChI is InChI=1S/C23H36N4O2/c1-17-8-9-18(2)21(15-17)24-23(29)20(4)26-13-11-25(12-14-26)16-22(28)27-10-6-5-7-19(27)3/h8-9,15,19-20H,5-7,10-14,16H2,1-4H3,(H,24,29)/t19-,20+/m1/s1. The molecule has 2 saturated heterocycles. The van der Waals surface area contributed by atoms with Gasteiger partial charge in [-0.3, -0.25) is 19.4 Å². The number of carbonyl (C=O) groups is 2. The van der Waals surface area contributed by atoms with E-state index in [9.17, 15) is 9.59 Å². The Kier molecular flexibility index (Phi) is 7.30. The maximum atomic E-state index is 12.7. The van der Waals surface area contributed by atoms with Crippen molar-refractivity contribution in [1.82, 2.24) is 14.7 Å². The van der Waals surface area contributed by atoms with Gasteiger partial charge in [0.15, 0.2) is 0 Å². The van der Waals surface area contributed by atoms with Crippen LogP contribution in [0.15, 0.2) is 18.2 Å². The normalized spacial score (nSPS) is 22.3. The van der Waals surface area contributed by atoms with Gasteiger partial charge >= 0.3 is 0 Å². The van der Waals surface area contributed by atoms with Crippen molar-refractivity contribution in [2.75, 3.05) is 44.6 Å². The maximum Gasteiger partial charge on any atom is 0.241 e. The second kappa shape index (κ2) is 9.72. The average Bonchev–Trinajstić information content (AvgIpc) is 2.71. The molecule has 0 bridgehead atoms. The molecule has 1 aromatic rings. The lowest BCUT2D eigenvalue weighted by Crippen LogP contribution is -2.55. The van der Waals surface area contributed by atoms with Crippen LogP contribution < -0.4 is 5.32 Å². The van der Waals surface area contributed by atoms with Crippen LogP contribution in [0.25, 0.3) is 0 Å². The first kappa shape index (κ1) is 21.8. The van der Waals surface area contributed by atoms with Crippen LogP contribution in [-0.4, -0.2) is 77.9 Å². The lowest BCUT2D eigenvalue weighted by Gasteiger charge is -2.39. The summed E-state index contributed by atoms with van der Waals surface area (Å²) in [5.41, 5.74) is 3.10. The fraction of sp³-hybridized carbons (Fsp3) is 0.652. The number of likely N-dealkylation sites (tertiary alicyclic amines) is 1. The summed E-state index contributed by atoms with van der Waals surface area (Å²) in [4.78, 5) is 31.9. The van der Waals surface area contributed by atoms with Crippen LogP contribution in [0.2, 0.25) is 0 Å². The Balaban J connectivity index is 1.47. The molecular formula is C23H36N4O2. The molecule has 2 aliphatic rings. The van der Waals surface area contributed by atoms with Crippen LogP contribution in [0.3, 0.4) is 0 Å². The third-order valence-corrected chi connectivity index (χ3v) is 6.47. The molecule has 2 amide bonds. The number of carbonyl (C=O) groups excluding carboxylic acids is 2. The topological polar surface area (TPSA) is 55.9 Å². The molecular weight excluding hydrogens is 364 g/mol. The summed E-state index contributed by atoms with van der Waals surface area (Å²) in [5, 5.41) is 3.08. The van der Waals surface area contributed by atoms with Crippen LogP contribution in [0, 0.1) is 13.8 Å². The van der Waals surface area contributed by atoms with Crippen molar-refractivity contribution in [3.05, 3.63) is 29.3 Å². The molecule has 0 aliphatic carbocycles. The monoisotopic (exact) mass is 400 g/mol. The van der Waals surface area contributed by atoms with Crippen LogP contribution in [0.4, 0.5) is 5.69 Å². The Hall–Kier alpha value is -1.92. The van der Waals surface area contributed by atoms with Crippen LogP contribution in [-0.2, 0) is 9.59 Å². The number of nitrogens with zero attached hydrogens (tertiary/aromatic N) is 3. The Morgan fingerprint density at radius 1 is 1.10 bits per heavy atom.